The van der Waals surface area contributed by atoms with Crippen molar-refractivity contribution in [2.24, 2.45) is 30.7 Å². The quantitative estimate of drug-likeness (QED) is 0.166. The van der Waals surface area contributed by atoms with Crippen LogP contribution in [0.3, 0.4) is 0 Å². The van der Waals surface area contributed by atoms with Crippen LogP contribution >= 0.6 is 0 Å². The maximum atomic E-state index is 14.7. The second-order valence-electron chi connectivity index (χ2n) is 19.1. The normalized spacial score (nSPS) is 34.1. The molecular weight excluding hydrogens is 865 g/mol. The number of ether oxygens (including phenoxy) is 6. The summed E-state index contributed by atoms with van der Waals surface area (Å²) in [5.74, 6) is -4.97. The Hall–Kier alpha value is -5.04. The first kappa shape index (κ1) is 52.9. The number of rotatable bonds is 12. The number of ketones is 1. The predicted octanol–water partition coefficient (Wildman–Crippen LogP) is 5.95. The first-order valence-corrected chi connectivity index (χ1v) is 23.6. The lowest BCUT2D eigenvalue weighted by Gasteiger charge is -2.48. The van der Waals surface area contributed by atoms with Gasteiger partial charge in [0, 0.05) is 62.2 Å². The number of nitrogens with zero attached hydrogens (tertiary/aromatic N) is 4. The van der Waals surface area contributed by atoms with Gasteiger partial charge in [-0.25, -0.2) is 14.4 Å². The van der Waals surface area contributed by atoms with Crippen LogP contribution < -0.4 is 10.6 Å². The van der Waals surface area contributed by atoms with E-state index in [1.165, 1.54) is 4.90 Å². The van der Waals surface area contributed by atoms with Crippen molar-refractivity contribution in [3.8, 4) is 11.3 Å². The second-order valence-corrected chi connectivity index (χ2v) is 19.1. The van der Waals surface area contributed by atoms with Gasteiger partial charge in [-0.2, -0.15) is 5.10 Å². The van der Waals surface area contributed by atoms with Crippen molar-refractivity contribution in [2.45, 2.75) is 149 Å². The number of carbonyl (C=O) groups is 5. The Bertz CT molecular complexity index is 2060. The minimum Gasteiger partial charge on any atom is -0.458 e. The van der Waals surface area contributed by atoms with Crippen molar-refractivity contribution >= 4 is 36.1 Å². The Morgan fingerprint density at radius 2 is 1.69 bits per heavy atom. The molecule has 1 aromatic heterocycles. The molecule has 3 amide bonds. The molecule has 0 radical (unpaired) electrons. The number of aliphatic hydroxyl groups excluding tert-OH is 1. The molecule has 3 saturated heterocycles. The van der Waals surface area contributed by atoms with Crippen LogP contribution in [0.15, 0.2) is 42.6 Å². The number of esters is 1. The first-order chi connectivity index (χ1) is 31.6. The van der Waals surface area contributed by atoms with E-state index in [1.807, 2.05) is 75.6 Å². The average Bonchev–Trinajstić information content (AvgIpc) is 3.86. The molecule has 0 saturated carbocycles. The second kappa shape index (κ2) is 22.4. The van der Waals surface area contributed by atoms with E-state index >= 15 is 0 Å². The van der Waals surface area contributed by atoms with Gasteiger partial charge in [0.15, 0.2) is 11.9 Å². The lowest BCUT2D eigenvalue weighted by Crippen LogP contribution is -2.61. The predicted molar refractivity (Wildman–Crippen MR) is 249 cm³/mol. The number of benzene rings is 1. The molecule has 0 bridgehead atoms. The van der Waals surface area contributed by atoms with E-state index in [-0.39, 0.29) is 31.3 Å². The standard InChI is InChI=1S/C49H74N6O12/c1-14-37-49(10)41(51-46(60)67-49)30(6)38(56)28(4)27-48(9,66-45(59)50-24-17-18-33-19-21-34(22-20-33)35-23-25-54(13)52-35)42(65-44-39(57)36(53(11)12)26-29(5)62-44)31(7)40(32(8)43(58)63-37)64-47(61)55(15-2)16-3/h17-23,25,28-32,36-37,39-42,44,57H,14-16,24,26-27H2,1-13H3,(H,50,59)(H,51,60)/t28-,29-,30+,31+,32-,36+,37-,39-,40+,41-,42-,44+,48-,49-/m1/s1. The van der Waals surface area contributed by atoms with Gasteiger partial charge in [0.2, 0.25) is 0 Å². The molecule has 3 N–H and O–H groups in total. The highest BCUT2D eigenvalue weighted by atomic mass is 16.7. The number of nitrogens with one attached hydrogen (secondary N) is 2. The van der Waals surface area contributed by atoms with Crippen LogP contribution in [0.4, 0.5) is 14.4 Å². The molecular formula is C49H74N6O12. The van der Waals surface area contributed by atoms with Gasteiger partial charge >= 0.3 is 24.2 Å². The van der Waals surface area contributed by atoms with Crippen molar-refractivity contribution in [3.05, 3.63) is 48.2 Å². The van der Waals surface area contributed by atoms with Crippen LogP contribution in [0.2, 0.25) is 0 Å². The maximum Gasteiger partial charge on any atom is 0.410 e. The molecule has 0 aliphatic carbocycles. The number of aliphatic hydroxyl groups is 1. The molecule has 0 unspecified atom stereocenters. The van der Waals surface area contributed by atoms with E-state index in [9.17, 15) is 29.1 Å². The Morgan fingerprint density at radius 3 is 2.28 bits per heavy atom. The van der Waals surface area contributed by atoms with Gasteiger partial charge in [0.1, 0.15) is 35.8 Å². The summed E-state index contributed by atoms with van der Waals surface area (Å²) >= 11 is 0. The smallest absolute Gasteiger partial charge is 0.410 e. The number of amides is 3. The van der Waals surface area contributed by atoms with Gasteiger partial charge in [0.05, 0.1) is 23.8 Å². The highest BCUT2D eigenvalue weighted by Gasteiger charge is 2.58. The number of aromatic nitrogens is 2. The molecule has 5 rings (SSSR count). The number of cyclic esters (lactones) is 1. The number of carbonyl (C=O) groups excluding carboxylic acids is 5. The first-order valence-electron chi connectivity index (χ1n) is 23.6. The fourth-order valence-electron chi connectivity index (χ4n) is 10.0. The molecule has 18 heteroatoms. The molecule has 4 heterocycles. The van der Waals surface area contributed by atoms with Gasteiger partial charge in [-0.1, -0.05) is 64.1 Å². The number of alkyl carbamates (subject to hydrolysis) is 2. The molecule has 2 aromatic rings. The number of hydrogen-bond acceptors (Lipinski definition) is 14. The van der Waals surface area contributed by atoms with Gasteiger partial charge in [-0.15, -0.1) is 0 Å². The number of aryl methyl sites for hydroxylation is 1. The SMILES string of the molecule is CC[C@H]1OC(=O)[C@H](C)[C@@H](OC(=O)N(CC)CC)[C@H](C)[C@@H](O[C@@H]2O[C@H](C)C[C@H](N(C)C)[C@H]2O)[C@](C)(OC(=O)NCC=Cc2ccc(-c3ccn(C)n3)cc2)C[C@@H](C)C(=O)[C@H](C)[C@H]2NC(=O)O[C@@]21C. The molecule has 0 spiro atoms. The van der Waals surface area contributed by atoms with Crippen molar-refractivity contribution in [2.75, 3.05) is 33.7 Å². The number of Topliss-reactive ketones (excluding diaryl/α,β-unsaturated/α-hetero) is 1. The number of fused-ring (bicyclic) bond motifs is 1. The molecule has 372 valence electrons. The molecule has 18 nitrogen and oxygen atoms in total. The minimum atomic E-state index is -1.75. The minimum absolute atomic E-state index is 0.0571. The Kier molecular flexibility index (Phi) is 17.7. The molecule has 3 aliphatic heterocycles. The van der Waals surface area contributed by atoms with Gasteiger partial charge in [0.25, 0.3) is 0 Å². The van der Waals surface area contributed by atoms with Crippen LogP contribution in [0.1, 0.15) is 94.1 Å². The average molecular weight is 939 g/mol. The van der Waals surface area contributed by atoms with Gasteiger partial charge in [-0.3, -0.25) is 14.3 Å². The summed E-state index contributed by atoms with van der Waals surface area (Å²) in [6.45, 7) is 17.8. The van der Waals surface area contributed by atoms with E-state index in [0.29, 0.717) is 19.5 Å². The third-order valence-corrected chi connectivity index (χ3v) is 13.8. The highest BCUT2D eigenvalue weighted by Crippen LogP contribution is 2.42. The van der Waals surface area contributed by atoms with Crippen molar-refractivity contribution in [3.63, 3.8) is 0 Å². The third kappa shape index (κ3) is 12.2. The van der Waals surface area contributed by atoms with Crippen LogP contribution in [-0.2, 0) is 45.1 Å². The zero-order valence-electron chi connectivity index (χ0n) is 41.5. The maximum absolute atomic E-state index is 14.7. The van der Waals surface area contributed by atoms with Gasteiger partial charge < -0.3 is 54.0 Å². The largest absolute Gasteiger partial charge is 0.458 e. The molecule has 3 fully saturated rings. The fourth-order valence-corrected chi connectivity index (χ4v) is 10.0. The molecule has 14 atom stereocenters. The summed E-state index contributed by atoms with van der Waals surface area (Å²) in [4.78, 5) is 73.7. The van der Waals surface area contributed by atoms with E-state index in [1.54, 1.807) is 73.1 Å². The fraction of sp³-hybridized carbons (Fsp3) is 0.673. The van der Waals surface area contributed by atoms with E-state index in [2.05, 4.69) is 15.7 Å². The number of hydrogen-bond donors (Lipinski definition) is 3. The Morgan fingerprint density at radius 1 is 1.01 bits per heavy atom. The van der Waals surface area contributed by atoms with Crippen LogP contribution in [0.5, 0.6) is 0 Å². The van der Waals surface area contributed by atoms with E-state index in [4.69, 9.17) is 28.4 Å². The summed E-state index contributed by atoms with van der Waals surface area (Å²) in [5.41, 5.74) is -0.528. The Balaban J connectivity index is 1.58. The zero-order chi connectivity index (χ0) is 49.5. The lowest BCUT2D eigenvalue weighted by molar-refractivity contribution is -0.298. The summed E-state index contributed by atoms with van der Waals surface area (Å²) in [6.07, 6.45) is -2.74. The van der Waals surface area contributed by atoms with Crippen LogP contribution in [-0.4, -0.2) is 149 Å². The topological polar surface area (TPSA) is 209 Å². The summed E-state index contributed by atoms with van der Waals surface area (Å²) in [7, 11) is 5.54. The Labute approximate surface area is 395 Å². The van der Waals surface area contributed by atoms with E-state index < -0.39 is 102 Å². The molecule has 1 aromatic carbocycles. The van der Waals surface area contributed by atoms with Gasteiger partial charge in [-0.05, 0) is 86.5 Å². The lowest BCUT2D eigenvalue weighted by atomic mass is 9.73. The highest BCUT2D eigenvalue weighted by molar-refractivity contribution is 5.85. The molecule has 3 aliphatic rings. The molecule has 67 heavy (non-hydrogen) atoms. The number of likely N-dealkylation sites (N-methyl/N-ethyl adjacent to an activating group) is 1. The summed E-state index contributed by atoms with van der Waals surface area (Å²) < 4.78 is 39.7. The van der Waals surface area contributed by atoms with Crippen LogP contribution in [0, 0.1) is 23.7 Å². The zero-order valence-corrected chi connectivity index (χ0v) is 41.5. The van der Waals surface area contributed by atoms with Crippen LogP contribution in [0.25, 0.3) is 17.3 Å². The van der Waals surface area contributed by atoms with Crippen molar-refractivity contribution in [1.29, 1.82) is 0 Å². The summed E-state index contributed by atoms with van der Waals surface area (Å²) in [5, 5.41) is 21.9. The van der Waals surface area contributed by atoms with Crippen molar-refractivity contribution in [1.82, 2.24) is 30.2 Å². The summed E-state index contributed by atoms with van der Waals surface area (Å²) in [6, 6.07) is 8.41. The monoisotopic (exact) mass is 939 g/mol. The third-order valence-electron chi connectivity index (χ3n) is 13.8. The van der Waals surface area contributed by atoms with E-state index in [0.717, 1.165) is 16.8 Å². The van der Waals surface area contributed by atoms with Crippen molar-refractivity contribution < 1.29 is 57.5 Å².